The third-order valence-electron chi connectivity index (χ3n) is 5.35. The van der Waals surface area contributed by atoms with E-state index in [0.29, 0.717) is 4.57 Å². The number of aryl methyl sites for hydroxylation is 1. The lowest BCUT2D eigenvalue weighted by molar-refractivity contribution is -0.272. The lowest BCUT2D eigenvalue weighted by Gasteiger charge is -2.37. The Kier molecular flexibility index (Phi) is 5.08. The van der Waals surface area contributed by atoms with Crippen LogP contribution in [0.4, 0.5) is 26.3 Å². The first kappa shape index (κ1) is 21.4. The summed E-state index contributed by atoms with van der Waals surface area (Å²) in [5, 5.41) is 9.73. The number of hydrogen-bond donors (Lipinski definition) is 1. The van der Waals surface area contributed by atoms with Gasteiger partial charge in [-0.3, -0.25) is 13.9 Å². The molecule has 29 heavy (non-hydrogen) atoms. The number of hydrogen-bond acceptors (Lipinski definition) is 4. The van der Waals surface area contributed by atoms with E-state index in [1.54, 1.807) is 0 Å². The average Bonchev–Trinajstić information content (AvgIpc) is 2.99. The second-order valence-corrected chi connectivity index (χ2v) is 7.39. The number of fused-ring (bicyclic) bond motifs is 1. The third-order valence-corrected chi connectivity index (χ3v) is 5.35. The highest BCUT2D eigenvalue weighted by atomic mass is 19.4. The van der Waals surface area contributed by atoms with E-state index >= 15 is 0 Å². The van der Waals surface area contributed by atoms with Gasteiger partial charge in [0.05, 0.1) is 6.33 Å². The van der Waals surface area contributed by atoms with E-state index in [2.05, 4.69) is 4.98 Å². The van der Waals surface area contributed by atoms with Crippen molar-refractivity contribution in [1.29, 1.82) is 0 Å². The van der Waals surface area contributed by atoms with Crippen LogP contribution in [0.3, 0.4) is 0 Å². The molecule has 1 fully saturated rings. The molecule has 0 amide bonds. The summed E-state index contributed by atoms with van der Waals surface area (Å²) < 4.78 is 79.3. The standard InChI is InChI=1S/C16H18F6N4O3/c1-24-11-10(25(8-23-11)7-15(17,18)19)12(27)26(13(24)28)6-9-2-4-14(29,5-3-9)16(20,21)22/h8-9,29H,2-7H2,1H3. The molecular formula is C16H18F6N4O3. The Morgan fingerprint density at radius 2 is 1.76 bits per heavy atom. The monoisotopic (exact) mass is 428 g/mol. The fourth-order valence-electron chi connectivity index (χ4n) is 3.68. The lowest BCUT2D eigenvalue weighted by Crippen LogP contribution is -2.49. The van der Waals surface area contributed by atoms with Gasteiger partial charge in [0.2, 0.25) is 0 Å². The molecule has 2 aromatic rings. The molecule has 2 heterocycles. The van der Waals surface area contributed by atoms with Crippen LogP contribution >= 0.6 is 0 Å². The van der Waals surface area contributed by atoms with Gasteiger partial charge >= 0.3 is 18.0 Å². The molecule has 0 bridgehead atoms. The van der Waals surface area contributed by atoms with Crippen LogP contribution in [-0.2, 0) is 20.1 Å². The molecule has 1 saturated carbocycles. The first-order chi connectivity index (χ1) is 13.2. The van der Waals surface area contributed by atoms with Crippen molar-refractivity contribution in [3.05, 3.63) is 27.2 Å². The fraction of sp³-hybridized carbons (Fsp3) is 0.688. The first-order valence-electron chi connectivity index (χ1n) is 8.74. The topological polar surface area (TPSA) is 82.0 Å². The summed E-state index contributed by atoms with van der Waals surface area (Å²) in [6.45, 7) is -1.73. The van der Waals surface area contributed by atoms with Crippen molar-refractivity contribution in [2.75, 3.05) is 0 Å². The van der Waals surface area contributed by atoms with E-state index in [1.807, 2.05) is 0 Å². The smallest absolute Gasteiger partial charge is 0.380 e. The van der Waals surface area contributed by atoms with Gasteiger partial charge in [-0.15, -0.1) is 0 Å². The van der Waals surface area contributed by atoms with E-state index in [4.69, 9.17) is 0 Å². The van der Waals surface area contributed by atoms with Gasteiger partial charge in [0.1, 0.15) is 6.54 Å². The number of halogens is 6. The summed E-state index contributed by atoms with van der Waals surface area (Å²) in [4.78, 5) is 28.9. The zero-order valence-corrected chi connectivity index (χ0v) is 15.2. The zero-order chi connectivity index (χ0) is 21.8. The Balaban J connectivity index is 1.94. The van der Waals surface area contributed by atoms with Crippen molar-refractivity contribution >= 4 is 11.2 Å². The van der Waals surface area contributed by atoms with Gasteiger partial charge in [-0.1, -0.05) is 0 Å². The molecule has 0 unspecified atom stereocenters. The van der Waals surface area contributed by atoms with Crippen molar-refractivity contribution in [3.8, 4) is 0 Å². The number of aliphatic hydroxyl groups is 1. The highest BCUT2D eigenvalue weighted by Gasteiger charge is 2.54. The molecule has 0 aliphatic heterocycles. The molecule has 1 N–H and O–H groups in total. The molecule has 13 heteroatoms. The molecule has 0 saturated heterocycles. The van der Waals surface area contributed by atoms with E-state index in [9.17, 15) is 41.0 Å². The van der Waals surface area contributed by atoms with Crippen molar-refractivity contribution in [2.45, 2.75) is 56.7 Å². The van der Waals surface area contributed by atoms with Crippen LogP contribution in [-0.4, -0.2) is 41.7 Å². The van der Waals surface area contributed by atoms with Crippen LogP contribution in [0, 0.1) is 5.92 Å². The van der Waals surface area contributed by atoms with Crippen molar-refractivity contribution < 1.29 is 31.4 Å². The summed E-state index contributed by atoms with van der Waals surface area (Å²) in [7, 11) is 1.24. The quantitative estimate of drug-likeness (QED) is 0.758. The molecule has 162 valence electrons. The fourth-order valence-corrected chi connectivity index (χ4v) is 3.68. The highest BCUT2D eigenvalue weighted by Crippen LogP contribution is 2.43. The number of rotatable bonds is 3. The Morgan fingerprint density at radius 1 is 1.17 bits per heavy atom. The average molecular weight is 428 g/mol. The second-order valence-electron chi connectivity index (χ2n) is 7.39. The van der Waals surface area contributed by atoms with Crippen molar-refractivity contribution in [2.24, 2.45) is 13.0 Å². The number of nitrogens with zero attached hydrogens (tertiary/aromatic N) is 4. The third kappa shape index (κ3) is 3.91. The van der Waals surface area contributed by atoms with Gasteiger partial charge in [-0.05, 0) is 31.6 Å². The minimum absolute atomic E-state index is 0.0918. The maximum Gasteiger partial charge on any atom is 0.417 e. The summed E-state index contributed by atoms with van der Waals surface area (Å²) in [5.74, 6) is -0.514. The number of aromatic nitrogens is 4. The minimum Gasteiger partial charge on any atom is -0.380 e. The molecule has 7 nitrogen and oxygen atoms in total. The van der Waals surface area contributed by atoms with Gasteiger partial charge < -0.3 is 9.67 Å². The molecular weight excluding hydrogens is 410 g/mol. The van der Waals surface area contributed by atoms with Gasteiger partial charge in [0, 0.05) is 13.6 Å². The normalized spacial score (nSPS) is 23.7. The van der Waals surface area contributed by atoms with Crippen LogP contribution in [0.15, 0.2) is 15.9 Å². The Hall–Kier alpha value is -2.31. The summed E-state index contributed by atoms with van der Waals surface area (Å²) in [6.07, 6.45) is -9.93. The van der Waals surface area contributed by atoms with E-state index in [1.165, 1.54) is 7.05 Å². The second kappa shape index (κ2) is 6.89. The predicted octanol–water partition coefficient (Wildman–Crippen LogP) is 1.94. The molecule has 0 spiro atoms. The predicted molar refractivity (Wildman–Crippen MR) is 88.3 cm³/mol. The molecule has 1 aliphatic rings. The Bertz CT molecular complexity index is 1020. The Labute approximate surface area is 159 Å². The number of imidazole rings is 1. The summed E-state index contributed by atoms with van der Waals surface area (Å²) in [6, 6.07) is 0. The van der Waals surface area contributed by atoms with Gasteiger partial charge in [-0.25, -0.2) is 9.78 Å². The lowest BCUT2D eigenvalue weighted by atomic mass is 9.78. The van der Waals surface area contributed by atoms with Crippen LogP contribution < -0.4 is 11.2 Å². The van der Waals surface area contributed by atoms with Crippen molar-refractivity contribution in [1.82, 2.24) is 18.7 Å². The van der Waals surface area contributed by atoms with Gasteiger partial charge in [0.15, 0.2) is 16.8 Å². The molecule has 1 aliphatic carbocycles. The maximum atomic E-state index is 12.9. The molecule has 0 aromatic carbocycles. The summed E-state index contributed by atoms with van der Waals surface area (Å²) >= 11 is 0. The van der Waals surface area contributed by atoms with E-state index < -0.39 is 60.0 Å². The molecule has 3 rings (SSSR count). The molecule has 2 aromatic heterocycles. The van der Waals surface area contributed by atoms with Crippen molar-refractivity contribution in [3.63, 3.8) is 0 Å². The summed E-state index contributed by atoms with van der Waals surface area (Å²) in [5.41, 5.74) is -5.24. The SMILES string of the molecule is Cn1c(=O)n(CC2CCC(O)(C(F)(F)F)CC2)c(=O)c2c1ncn2CC(F)(F)F. The zero-order valence-electron chi connectivity index (χ0n) is 15.2. The highest BCUT2D eigenvalue weighted by molar-refractivity contribution is 5.69. The van der Waals surface area contributed by atoms with E-state index in [0.717, 1.165) is 15.5 Å². The van der Waals surface area contributed by atoms with E-state index in [-0.39, 0.29) is 25.0 Å². The van der Waals surface area contributed by atoms with Crippen LogP contribution in [0.5, 0.6) is 0 Å². The van der Waals surface area contributed by atoms with Crippen LogP contribution in [0.1, 0.15) is 25.7 Å². The first-order valence-corrected chi connectivity index (χ1v) is 8.74. The Morgan fingerprint density at radius 3 is 2.28 bits per heavy atom. The molecule has 0 radical (unpaired) electrons. The maximum absolute atomic E-state index is 12.9. The van der Waals surface area contributed by atoms with Gasteiger partial charge in [-0.2, -0.15) is 26.3 Å². The van der Waals surface area contributed by atoms with Crippen LogP contribution in [0.25, 0.3) is 11.2 Å². The van der Waals surface area contributed by atoms with Crippen LogP contribution in [0.2, 0.25) is 0 Å². The molecule has 0 atom stereocenters. The number of alkyl halides is 6. The minimum atomic E-state index is -4.78. The largest absolute Gasteiger partial charge is 0.417 e. The van der Waals surface area contributed by atoms with Gasteiger partial charge in [0.25, 0.3) is 5.56 Å².